The van der Waals surface area contributed by atoms with E-state index in [1.807, 2.05) is 0 Å². The molecule has 1 aliphatic rings. The molecule has 0 bridgehead atoms. The number of carbonyl (C=O) groups excluding carboxylic acids is 1. The molecule has 3 rings (SSSR count). The summed E-state index contributed by atoms with van der Waals surface area (Å²) >= 11 is 0. The quantitative estimate of drug-likeness (QED) is 0.843. The number of hydrogen-bond donors (Lipinski definition) is 0. The van der Waals surface area contributed by atoms with Crippen molar-refractivity contribution in [3.05, 3.63) is 53.4 Å². The van der Waals surface area contributed by atoms with Gasteiger partial charge in [0, 0.05) is 37.9 Å². The number of benzene rings is 1. The predicted molar refractivity (Wildman–Crippen MR) is 83.7 cm³/mol. The molecule has 2 heterocycles. The number of ether oxygens (including phenoxy) is 1. The van der Waals surface area contributed by atoms with E-state index >= 15 is 0 Å². The first kappa shape index (κ1) is 16.6. The van der Waals surface area contributed by atoms with Crippen molar-refractivity contribution >= 4 is 5.91 Å². The highest BCUT2D eigenvalue weighted by Gasteiger charge is 2.32. The fourth-order valence-electron chi connectivity index (χ4n) is 3.03. The normalized spacial score (nSPS) is 17.5. The van der Waals surface area contributed by atoms with Crippen molar-refractivity contribution in [2.45, 2.75) is 18.9 Å². The van der Waals surface area contributed by atoms with Crippen molar-refractivity contribution in [1.82, 2.24) is 14.7 Å². The first-order valence-electron chi connectivity index (χ1n) is 7.85. The summed E-state index contributed by atoms with van der Waals surface area (Å²) in [6, 6.07) is 5.49. The number of likely N-dealkylation sites (tertiary alicyclic amines) is 1. The Hall–Kier alpha value is -2.28. The molecule has 0 spiro atoms. The fourth-order valence-corrected chi connectivity index (χ4v) is 3.03. The van der Waals surface area contributed by atoms with Crippen molar-refractivity contribution in [2.24, 2.45) is 0 Å². The Morgan fingerprint density at radius 3 is 2.79 bits per heavy atom. The summed E-state index contributed by atoms with van der Waals surface area (Å²) in [5, 5.41) is 4.22. The van der Waals surface area contributed by atoms with Crippen LogP contribution < -0.4 is 0 Å². The monoisotopic (exact) mass is 335 g/mol. The third-order valence-corrected chi connectivity index (χ3v) is 4.27. The lowest BCUT2D eigenvalue weighted by molar-refractivity contribution is 0.0783. The van der Waals surface area contributed by atoms with E-state index in [9.17, 15) is 13.6 Å². The molecule has 1 saturated heterocycles. The molecule has 2 aromatic rings. The molecule has 0 N–H and O–H groups in total. The van der Waals surface area contributed by atoms with Gasteiger partial charge in [-0.15, -0.1) is 0 Å². The van der Waals surface area contributed by atoms with Gasteiger partial charge < -0.3 is 9.64 Å². The average molecular weight is 335 g/mol. The molecular weight excluding hydrogens is 316 g/mol. The molecule has 1 aliphatic heterocycles. The number of amides is 1. The third kappa shape index (κ3) is 3.31. The SMILES string of the molecule is COCCn1ccc(C(=O)N2CCC(c3c(F)cccc3F)C2)n1. The van der Waals surface area contributed by atoms with Crippen LogP contribution in [0.25, 0.3) is 0 Å². The molecular formula is C17H19F2N3O2. The van der Waals surface area contributed by atoms with Crippen LogP contribution in [0.4, 0.5) is 8.78 Å². The molecule has 5 nitrogen and oxygen atoms in total. The van der Waals surface area contributed by atoms with Gasteiger partial charge in [0.1, 0.15) is 17.3 Å². The van der Waals surface area contributed by atoms with Crippen molar-refractivity contribution in [3.63, 3.8) is 0 Å². The number of rotatable bonds is 5. The van der Waals surface area contributed by atoms with Gasteiger partial charge in [0.15, 0.2) is 0 Å². The van der Waals surface area contributed by atoms with Gasteiger partial charge in [-0.2, -0.15) is 5.10 Å². The van der Waals surface area contributed by atoms with Gasteiger partial charge in [-0.05, 0) is 24.6 Å². The van der Waals surface area contributed by atoms with Crippen LogP contribution in [0.1, 0.15) is 28.4 Å². The maximum Gasteiger partial charge on any atom is 0.274 e. The first-order valence-corrected chi connectivity index (χ1v) is 7.85. The minimum absolute atomic E-state index is 0.0680. The van der Waals surface area contributed by atoms with Gasteiger partial charge in [0.05, 0.1) is 13.2 Å². The number of nitrogens with zero attached hydrogens (tertiary/aromatic N) is 3. The second kappa shape index (κ2) is 7.09. The molecule has 0 saturated carbocycles. The molecule has 1 aromatic carbocycles. The Balaban J connectivity index is 1.69. The maximum atomic E-state index is 13.9. The smallest absolute Gasteiger partial charge is 0.274 e. The second-order valence-electron chi connectivity index (χ2n) is 5.83. The van der Waals surface area contributed by atoms with Crippen LogP contribution in [0.5, 0.6) is 0 Å². The lowest BCUT2D eigenvalue weighted by atomic mass is 9.97. The highest BCUT2D eigenvalue weighted by Crippen LogP contribution is 2.31. The number of methoxy groups -OCH3 is 1. The van der Waals surface area contributed by atoms with Gasteiger partial charge in [0.25, 0.3) is 5.91 Å². The summed E-state index contributed by atoms with van der Waals surface area (Å²) in [5.41, 5.74) is 0.402. The lowest BCUT2D eigenvalue weighted by Crippen LogP contribution is -2.29. The van der Waals surface area contributed by atoms with Gasteiger partial charge in [0.2, 0.25) is 0 Å². The fraction of sp³-hybridized carbons (Fsp3) is 0.412. The molecule has 0 radical (unpaired) electrons. The van der Waals surface area contributed by atoms with Gasteiger partial charge in [-0.1, -0.05) is 6.07 Å². The van der Waals surface area contributed by atoms with Crippen molar-refractivity contribution in [1.29, 1.82) is 0 Å². The average Bonchev–Trinajstić information content (AvgIpc) is 3.22. The van der Waals surface area contributed by atoms with Crippen LogP contribution in [0.2, 0.25) is 0 Å². The van der Waals surface area contributed by atoms with Crippen LogP contribution in [0, 0.1) is 11.6 Å². The van der Waals surface area contributed by atoms with E-state index in [1.54, 1.807) is 29.0 Å². The topological polar surface area (TPSA) is 47.4 Å². The standard InChI is InChI=1S/C17H19F2N3O2/c1-24-10-9-22-8-6-15(20-22)17(23)21-7-5-12(11-21)16-13(18)3-2-4-14(16)19/h2-4,6,8,12H,5,7,9-11H2,1H3. The number of aromatic nitrogens is 2. The summed E-state index contributed by atoms with van der Waals surface area (Å²) in [4.78, 5) is 14.1. The van der Waals surface area contributed by atoms with E-state index in [0.717, 1.165) is 0 Å². The summed E-state index contributed by atoms with van der Waals surface area (Å²) in [6.07, 6.45) is 2.25. The highest BCUT2D eigenvalue weighted by molar-refractivity contribution is 5.92. The predicted octanol–water partition coefficient (Wildman–Crippen LogP) is 2.44. The Morgan fingerprint density at radius 1 is 1.33 bits per heavy atom. The third-order valence-electron chi connectivity index (χ3n) is 4.27. The summed E-state index contributed by atoms with van der Waals surface area (Å²) < 4.78 is 34.4. The molecule has 24 heavy (non-hydrogen) atoms. The molecule has 1 aromatic heterocycles. The van der Waals surface area contributed by atoms with Gasteiger partial charge in [-0.25, -0.2) is 8.78 Å². The van der Waals surface area contributed by atoms with Crippen LogP contribution >= 0.6 is 0 Å². The Bertz CT molecular complexity index is 712. The van der Waals surface area contributed by atoms with Gasteiger partial charge >= 0.3 is 0 Å². The molecule has 1 atom stereocenters. The molecule has 1 amide bonds. The zero-order valence-electron chi connectivity index (χ0n) is 13.4. The summed E-state index contributed by atoms with van der Waals surface area (Å²) in [6.45, 7) is 1.82. The van der Waals surface area contributed by atoms with Gasteiger partial charge in [-0.3, -0.25) is 9.48 Å². The molecule has 1 unspecified atom stereocenters. The highest BCUT2D eigenvalue weighted by atomic mass is 19.1. The number of hydrogen-bond acceptors (Lipinski definition) is 3. The van der Waals surface area contributed by atoms with E-state index in [0.29, 0.717) is 38.4 Å². The zero-order valence-corrected chi connectivity index (χ0v) is 13.4. The first-order chi connectivity index (χ1) is 11.6. The number of carbonyl (C=O) groups is 1. The lowest BCUT2D eigenvalue weighted by Gasteiger charge is -2.16. The molecule has 7 heteroatoms. The largest absolute Gasteiger partial charge is 0.383 e. The Kier molecular flexibility index (Phi) is 4.89. The van der Waals surface area contributed by atoms with Crippen LogP contribution in [-0.4, -0.2) is 47.4 Å². The van der Waals surface area contributed by atoms with Crippen molar-refractivity contribution < 1.29 is 18.3 Å². The second-order valence-corrected chi connectivity index (χ2v) is 5.83. The van der Waals surface area contributed by atoms with Crippen LogP contribution in [-0.2, 0) is 11.3 Å². The van der Waals surface area contributed by atoms with Crippen LogP contribution in [0.15, 0.2) is 30.5 Å². The van der Waals surface area contributed by atoms with Crippen LogP contribution in [0.3, 0.4) is 0 Å². The van der Waals surface area contributed by atoms with E-state index in [1.165, 1.54) is 18.2 Å². The minimum Gasteiger partial charge on any atom is -0.383 e. The Labute approximate surface area is 138 Å². The zero-order chi connectivity index (χ0) is 17.1. The number of halogens is 2. The van der Waals surface area contributed by atoms with E-state index in [4.69, 9.17) is 4.74 Å². The Morgan fingerprint density at radius 2 is 2.08 bits per heavy atom. The summed E-state index contributed by atoms with van der Waals surface area (Å²) in [5.74, 6) is -1.66. The summed E-state index contributed by atoms with van der Waals surface area (Å²) in [7, 11) is 1.60. The maximum absolute atomic E-state index is 13.9. The minimum atomic E-state index is -0.557. The van der Waals surface area contributed by atoms with E-state index < -0.39 is 11.6 Å². The van der Waals surface area contributed by atoms with Crippen molar-refractivity contribution in [3.8, 4) is 0 Å². The van der Waals surface area contributed by atoms with E-state index in [2.05, 4.69) is 5.10 Å². The van der Waals surface area contributed by atoms with E-state index in [-0.39, 0.29) is 17.4 Å². The molecule has 0 aliphatic carbocycles. The molecule has 128 valence electrons. The van der Waals surface area contributed by atoms with Crippen molar-refractivity contribution in [2.75, 3.05) is 26.8 Å². The molecule has 1 fully saturated rings.